The molecule has 3 heterocycles. The van der Waals surface area contributed by atoms with Crippen molar-refractivity contribution in [2.24, 2.45) is 10.9 Å². The highest BCUT2D eigenvalue weighted by molar-refractivity contribution is 8.00. The van der Waals surface area contributed by atoms with Gasteiger partial charge in [-0.2, -0.15) is 0 Å². The quantitative estimate of drug-likeness (QED) is 0.302. The summed E-state index contributed by atoms with van der Waals surface area (Å²) in [5.41, 5.74) is 4.91. The van der Waals surface area contributed by atoms with Crippen molar-refractivity contribution in [1.29, 1.82) is 0 Å². The Kier molecular flexibility index (Phi) is 6.08. The van der Waals surface area contributed by atoms with Gasteiger partial charge in [0.05, 0.1) is 4.88 Å². The molecule has 29 heavy (non-hydrogen) atoms. The lowest BCUT2D eigenvalue weighted by Crippen LogP contribution is -2.71. The fraction of sp³-hybridized carbons (Fsp3) is 0.312. The van der Waals surface area contributed by atoms with Gasteiger partial charge < -0.3 is 25.7 Å². The monoisotopic (exact) mass is 440 g/mol. The Morgan fingerprint density at radius 3 is 2.79 bits per heavy atom. The number of primary amides is 1. The number of oxime groups is 1. The van der Waals surface area contributed by atoms with Crippen molar-refractivity contribution < 1.29 is 33.9 Å². The molecule has 0 bridgehead atoms. The normalized spacial score (nSPS) is 21.2. The van der Waals surface area contributed by atoms with Gasteiger partial charge in [0.25, 0.3) is 11.8 Å². The van der Waals surface area contributed by atoms with Crippen LogP contribution in [0.15, 0.2) is 33.9 Å². The molecule has 0 aliphatic carbocycles. The molecule has 0 radical (unpaired) electrons. The minimum absolute atomic E-state index is 0.0131. The Labute approximate surface area is 172 Å². The van der Waals surface area contributed by atoms with E-state index in [1.165, 1.54) is 30.2 Å². The lowest BCUT2D eigenvalue weighted by molar-refractivity contribution is -0.150. The summed E-state index contributed by atoms with van der Waals surface area (Å²) in [6.07, 6.45) is -1.05. The Balaban J connectivity index is 1.77. The maximum absolute atomic E-state index is 12.6. The molecule has 3 rings (SSSR count). The fourth-order valence-electron chi connectivity index (χ4n) is 2.87. The third-order valence-electron chi connectivity index (χ3n) is 4.08. The van der Waals surface area contributed by atoms with Crippen LogP contribution in [0.4, 0.5) is 4.79 Å². The number of rotatable bonds is 7. The number of carboxylic acids is 1. The number of hydrogen-bond acceptors (Lipinski definition) is 9. The molecule has 13 heteroatoms. The first-order valence-corrected chi connectivity index (χ1v) is 10.1. The van der Waals surface area contributed by atoms with E-state index in [4.69, 9.17) is 10.6 Å². The van der Waals surface area contributed by atoms with Gasteiger partial charge in [-0.25, -0.2) is 9.59 Å². The summed E-state index contributed by atoms with van der Waals surface area (Å²) in [6.45, 7) is -0.333. The molecule has 1 fully saturated rings. The molecule has 2 atom stereocenters. The van der Waals surface area contributed by atoms with Gasteiger partial charge in [0.2, 0.25) is 0 Å². The summed E-state index contributed by atoms with van der Waals surface area (Å²) >= 11 is 2.52. The lowest BCUT2D eigenvalue weighted by Gasteiger charge is -2.49. The van der Waals surface area contributed by atoms with Gasteiger partial charge in [-0.1, -0.05) is 11.2 Å². The van der Waals surface area contributed by atoms with E-state index in [1.807, 2.05) is 0 Å². The zero-order valence-corrected chi connectivity index (χ0v) is 16.6. The third kappa shape index (κ3) is 4.05. The van der Waals surface area contributed by atoms with Crippen molar-refractivity contribution in [2.45, 2.75) is 11.4 Å². The van der Waals surface area contributed by atoms with Crippen LogP contribution >= 0.6 is 23.1 Å². The molecule has 2 aliphatic rings. The Morgan fingerprint density at radius 2 is 2.21 bits per heavy atom. The van der Waals surface area contributed by atoms with Crippen molar-refractivity contribution in [3.63, 3.8) is 0 Å². The number of nitrogens with zero attached hydrogens (tertiary/aromatic N) is 2. The van der Waals surface area contributed by atoms with E-state index < -0.39 is 35.3 Å². The van der Waals surface area contributed by atoms with E-state index in [2.05, 4.69) is 15.2 Å². The summed E-state index contributed by atoms with van der Waals surface area (Å²) in [6, 6.07) is 2.50. The summed E-state index contributed by atoms with van der Waals surface area (Å²) in [7, 11) is 1.30. The number of thiophene rings is 1. The molecular weight excluding hydrogens is 424 g/mol. The number of β-lactam (4-membered cyclic amide) rings is 1. The minimum Gasteiger partial charge on any atom is -0.477 e. The van der Waals surface area contributed by atoms with E-state index >= 15 is 0 Å². The molecule has 1 saturated heterocycles. The second kappa shape index (κ2) is 8.53. The molecule has 0 saturated carbocycles. The molecule has 2 aliphatic heterocycles. The van der Waals surface area contributed by atoms with E-state index in [9.17, 15) is 24.3 Å². The fourth-order valence-corrected chi connectivity index (χ4v) is 4.89. The molecule has 154 valence electrons. The largest absolute Gasteiger partial charge is 0.477 e. The van der Waals surface area contributed by atoms with Crippen molar-refractivity contribution in [3.05, 3.63) is 33.7 Å². The number of carboxylic acid groups (broad SMARTS) is 1. The number of aliphatic carboxylic acids is 1. The van der Waals surface area contributed by atoms with Gasteiger partial charge in [0.1, 0.15) is 30.8 Å². The summed E-state index contributed by atoms with van der Waals surface area (Å²) in [5, 5.41) is 17.0. The zero-order chi connectivity index (χ0) is 21.1. The van der Waals surface area contributed by atoms with Gasteiger partial charge in [0.15, 0.2) is 5.71 Å². The smallest absolute Gasteiger partial charge is 0.404 e. The third-order valence-corrected chi connectivity index (χ3v) is 6.29. The first-order valence-electron chi connectivity index (χ1n) is 8.13. The molecule has 0 unspecified atom stereocenters. The Hall–Kier alpha value is -3.06. The zero-order valence-electron chi connectivity index (χ0n) is 15.0. The predicted molar refractivity (Wildman–Crippen MR) is 103 cm³/mol. The number of nitrogens with two attached hydrogens (primary N) is 1. The number of hydrogen-bond donors (Lipinski definition) is 3. The van der Waals surface area contributed by atoms with Crippen LogP contribution in [-0.4, -0.2) is 70.5 Å². The number of thioether (sulfide) groups is 1. The van der Waals surface area contributed by atoms with E-state index in [0.29, 0.717) is 4.88 Å². The summed E-state index contributed by atoms with van der Waals surface area (Å²) in [5.74, 6) is -2.35. The highest BCUT2D eigenvalue weighted by Gasteiger charge is 2.54. The molecule has 1 aromatic rings. The van der Waals surface area contributed by atoms with Crippen molar-refractivity contribution in [3.8, 4) is 0 Å². The van der Waals surface area contributed by atoms with Crippen molar-refractivity contribution >= 4 is 52.7 Å². The van der Waals surface area contributed by atoms with Crippen molar-refractivity contribution in [1.82, 2.24) is 10.2 Å². The number of carbonyl (C=O) groups is 4. The summed E-state index contributed by atoms with van der Waals surface area (Å²) < 4.78 is 4.66. The maximum atomic E-state index is 12.6. The standard InChI is InChI=1S/C16H16N4O7S2/c1-26-19-9(8-3-2-4-28-8)12(21)18-10-13(22)20-11(15(23)24)7(5-27-16(17)25)6-29-14(10)20/h2-4,10,14H,5-6H2,1H3,(H2,17,25)(H,18,21)(H,23,24)/t10-,14-/m1/s1. The molecule has 3 amide bonds. The molecule has 11 nitrogen and oxygen atoms in total. The Morgan fingerprint density at radius 1 is 1.45 bits per heavy atom. The topological polar surface area (TPSA) is 161 Å². The second-order valence-corrected chi connectivity index (χ2v) is 7.88. The highest BCUT2D eigenvalue weighted by Crippen LogP contribution is 2.40. The second-order valence-electron chi connectivity index (χ2n) is 5.83. The van der Waals surface area contributed by atoms with Crippen LogP contribution < -0.4 is 11.1 Å². The van der Waals surface area contributed by atoms with Crippen LogP contribution in [0.25, 0.3) is 0 Å². The van der Waals surface area contributed by atoms with Crippen LogP contribution in [-0.2, 0) is 24.0 Å². The van der Waals surface area contributed by atoms with E-state index in [-0.39, 0.29) is 29.3 Å². The average molecular weight is 440 g/mol. The predicted octanol–water partition coefficient (Wildman–Crippen LogP) is -0.0675. The first kappa shape index (κ1) is 20.7. The minimum atomic E-state index is -1.34. The lowest BCUT2D eigenvalue weighted by atomic mass is 10.0. The SMILES string of the molecule is CON=C(C(=O)N[C@@H]1C(=O)N2C(C(=O)O)=C(COC(N)=O)CS[C@H]12)c1cccs1. The maximum Gasteiger partial charge on any atom is 0.404 e. The van der Waals surface area contributed by atoms with Crippen LogP contribution in [0.2, 0.25) is 0 Å². The molecule has 0 aromatic carbocycles. The van der Waals surface area contributed by atoms with Gasteiger partial charge in [-0.05, 0) is 11.4 Å². The number of carbonyl (C=O) groups excluding carboxylic acids is 3. The van der Waals surface area contributed by atoms with E-state index in [1.54, 1.807) is 17.5 Å². The summed E-state index contributed by atoms with van der Waals surface area (Å²) in [4.78, 5) is 54.0. The average Bonchev–Trinajstić information content (AvgIpc) is 3.21. The van der Waals surface area contributed by atoms with Gasteiger partial charge in [-0.15, -0.1) is 23.1 Å². The number of amides is 3. The Bertz CT molecular complexity index is 912. The van der Waals surface area contributed by atoms with Gasteiger partial charge in [0, 0.05) is 11.3 Å². The van der Waals surface area contributed by atoms with Crippen LogP contribution in [0.1, 0.15) is 4.88 Å². The van der Waals surface area contributed by atoms with Crippen LogP contribution in [0.5, 0.6) is 0 Å². The number of fused-ring (bicyclic) bond motifs is 1. The van der Waals surface area contributed by atoms with Crippen LogP contribution in [0, 0.1) is 0 Å². The number of ether oxygens (including phenoxy) is 1. The van der Waals surface area contributed by atoms with Crippen molar-refractivity contribution in [2.75, 3.05) is 19.5 Å². The molecule has 0 spiro atoms. The van der Waals surface area contributed by atoms with Gasteiger partial charge >= 0.3 is 12.1 Å². The highest BCUT2D eigenvalue weighted by atomic mass is 32.2. The van der Waals surface area contributed by atoms with Crippen LogP contribution in [0.3, 0.4) is 0 Å². The number of nitrogens with one attached hydrogen (secondary N) is 1. The molecule has 4 N–H and O–H groups in total. The van der Waals surface area contributed by atoms with E-state index in [0.717, 1.165) is 4.90 Å². The molecular formula is C16H16N4O7S2. The molecule has 1 aromatic heterocycles. The first-order chi connectivity index (χ1) is 13.8. The van der Waals surface area contributed by atoms with Gasteiger partial charge in [-0.3, -0.25) is 14.5 Å².